The minimum atomic E-state index is -0.497. The summed E-state index contributed by atoms with van der Waals surface area (Å²) in [6.45, 7) is 1.89. The van der Waals surface area contributed by atoms with Gasteiger partial charge in [-0.05, 0) is 37.5 Å². The van der Waals surface area contributed by atoms with Crippen molar-refractivity contribution < 1.29 is 18.7 Å². The first kappa shape index (κ1) is 14.5. The number of benzene rings is 1. The van der Waals surface area contributed by atoms with Crippen LogP contribution >= 0.6 is 0 Å². The van der Waals surface area contributed by atoms with Crippen LogP contribution in [0.25, 0.3) is 0 Å². The summed E-state index contributed by atoms with van der Waals surface area (Å²) in [4.78, 5) is 25.2. The summed E-state index contributed by atoms with van der Waals surface area (Å²) >= 11 is 0. The van der Waals surface area contributed by atoms with E-state index < -0.39 is 6.04 Å². The Kier molecular flexibility index (Phi) is 4.37. The second-order valence-electron chi connectivity index (χ2n) is 5.06. The van der Waals surface area contributed by atoms with Crippen LogP contribution in [0.2, 0.25) is 0 Å². The highest BCUT2D eigenvalue weighted by Gasteiger charge is 2.39. The first-order valence-corrected chi connectivity index (χ1v) is 6.66. The Bertz CT molecular complexity index is 500. The van der Waals surface area contributed by atoms with Crippen LogP contribution in [0.4, 0.5) is 4.39 Å². The molecule has 0 aliphatic carbocycles. The Morgan fingerprint density at radius 2 is 2.10 bits per heavy atom. The van der Waals surface area contributed by atoms with E-state index in [1.807, 2.05) is 6.92 Å². The number of methoxy groups -OCH3 is 1. The van der Waals surface area contributed by atoms with Gasteiger partial charge in [0.25, 0.3) is 0 Å². The smallest absolute Gasteiger partial charge is 0.328 e. The first-order chi connectivity index (χ1) is 9.52. The molecular weight excluding hydrogens is 261 g/mol. The van der Waals surface area contributed by atoms with Crippen molar-refractivity contribution in [3.8, 4) is 0 Å². The van der Waals surface area contributed by atoms with Gasteiger partial charge in [-0.3, -0.25) is 4.79 Å². The third-order valence-corrected chi connectivity index (χ3v) is 3.65. The van der Waals surface area contributed by atoms with Crippen LogP contribution in [0.15, 0.2) is 24.3 Å². The molecule has 2 rings (SSSR count). The highest BCUT2D eigenvalue weighted by molar-refractivity contribution is 5.88. The summed E-state index contributed by atoms with van der Waals surface area (Å²) in [6.07, 6.45) is 1.45. The average Bonchev–Trinajstić information content (AvgIpc) is 2.82. The predicted molar refractivity (Wildman–Crippen MR) is 71.5 cm³/mol. The van der Waals surface area contributed by atoms with Crippen LogP contribution in [0, 0.1) is 5.82 Å². The van der Waals surface area contributed by atoms with E-state index in [1.165, 1.54) is 19.2 Å². The fourth-order valence-corrected chi connectivity index (χ4v) is 2.68. The molecule has 1 aliphatic rings. The zero-order valence-electron chi connectivity index (χ0n) is 11.6. The highest BCUT2D eigenvalue weighted by atomic mass is 19.1. The van der Waals surface area contributed by atoms with Crippen molar-refractivity contribution in [2.75, 3.05) is 7.11 Å². The molecule has 2 atom stereocenters. The van der Waals surface area contributed by atoms with Gasteiger partial charge in [-0.1, -0.05) is 12.1 Å². The molecule has 5 heteroatoms. The van der Waals surface area contributed by atoms with Gasteiger partial charge in [0.15, 0.2) is 0 Å². The third-order valence-electron chi connectivity index (χ3n) is 3.65. The lowest BCUT2D eigenvalue weighted by Crippen LogP contribution is -2.45. The minimum absolute atomic E-state index is 0.0324. The number of carbonyl (C=O) groups is 2. The number of carbonyl (C=O) groups excluding carboxylic acids is 2. The SMILES string of the molecule is COC(=O)C1CCC(=O)N1C(C)Cc1ccc(F)cc1. The third kappa shape index (κ3) is 2.98. The standard InChI is InChI=1S/C15H18FNO3/c1-10(9-11-3-5-12(16)6-4-11)17-13(15(19)20-2)7-8-14(17)18/h3-6,10,13H,7-9H2,1-2H3. The zero-order chi connectivity index (χ0) is 14.7. The number of rotatable bonds is 4. The van der Waals surface area contributed by atoms with E-state index in [4.69, 9.17) is 4.74 Å². The lowest BCUT2D eigenvalue weighted by molar-refractivity contribution is -0.150. The van der Waals surface area contributed by atoms with E-state index in [0.29, 0.717) is 19.3 Å². The molecular formula is C15H18FNO3. The second-order valence-corrected chi connectivity index (χ2v) is 5.06. The molecule has 0 bridgehead atoms. The van der Waals surface area contributed by atoms with E-state index >= 15 is 0 Å². The lowest BCUT2D eigenvalue weighted by Gasteiger charge is -2.29. The molecule has 4 nitrogen and oxygen atoms in total. The van der Waals surface area contributed by atoms with Crippen LogP contribution in [0.5, 0.6) is 0 Å². The summed E-state index contributed by atoms with van der Waals surface area (Å²) in [5.41, 5.74) is 0.933. The summed E-state index contributed by atoms with van der Waals surface area (Å²) in [7, 11) is 1.33. The van der Waals surface area contributed by atoms with Gasteiger partial charge < -0.3 is 9.64 Å². The average molecular weight is 279 g/mol. The van der Waals surface area contributed by atoms with Crippen molar-refractivity contribution >= 4 is 11.9 Å². The van der Waals surface area contributed by atoms with Gasteiger partial charge in [0.2, 0.25) is 5.91 Å². The molecule has 1 heterocycles. The van der Waals surface area contributed by atoms with Crippen molar-refractivity contribution in [1.82, 2.24) is 4.90 Å². The van der Waals surface area contributed by atoms with Gasteiger partial charge in [0, 0.05) is 12.5 Å². The molecule has 0 radical (unpaired) electrons. The van der Waals surface area contributed by atoms with E-state index in [-0.39, 0.29) is 23.7 Å². The van der Waals surface area contributed by atoms with Crippen LogP contribution in [-0.2, 0) is 20.7 Å². The Morgan fingerprint density at radius 3 is 2.70 bits per heavy atom. The summed E-state index contributed by atoms with van der Waals surface area (Å²) < 4.78 is 17.6. The van der Waals surface area contributed by atoms with Gasteiger partial charge >= 0.3 is 5.97 Å². The van der Waals surface area contributed by atoms with Crippen molar-refractivity contribution in [3.05, 3.63) is 35.6 Å². The molecule has 1 saturated heterocycles. The largest absolute Gasteiger partial charge is 0.467 e. The second kappa shape index (κ2) is 6.03. The Labute approximate surface area is 117 Å². The number of amides is 1. The van der Waals surface area contributed by atoms with Gasteiger partial charge in [-0.15, -0.1) is 0 Å². The fourth-order valence-electron chi connectivity index (χ4n) is 2.68. The van der Waals surface area contributed by atoms with Crippen molar-refractivity contribution in [1.29, 1.82) is 0 Å². The Balaban J connectivity index is 2.09. The first-order valence-electron chi connectivity index (χ1n) is 6.66. The number of ether oxygens (including phenoxy) is 1. The van der Waals surface area contributed by atoms with Crippen molar-refractivity contribution in [2.45, 2.75) is 38.3 Å². The van der Waals surface area contributed by atoms with E-state index in [2.05, 4.69) is 0 Å². The van der Waals surface area contributed by atoms with Gasteiger partial charge in [-0.2, -0.15) is 0 Å². The Hall–Kier alpha value is -1.91. The summed E-state index contributed by atoms with van der Waals surface area (Å²) in [5, 5.41) is 0. The number of hydrogen-bond donors (Lipinski definition) is 0. The van der Waals surface area contributed by atoms with E-state index in [0.717, 1.165) is 5.56 Å². The van der Waals surface area contributed by atoms with E-state index in [9.17, 15) is 14.0 Å². The number of likely N-dealkylation sites (tertiary alicyclic amines) is 1. The number of halogens is 1. The normalized spacial score (nSPS) is 20.1. The topological polar surface area (TPSA) is 46.6 Å². The number of esters is 1. The van der Waals surface area contributed by atoms with Crippen LogP contribution in [-0.4, -0.2) is 36.0 Å². The van der Waals surface area contributed by atoms with Crippen LogP contribution < -0.4 is 0 Å². The molecule has 0 aromatic heterocycles. The maximum absolute atomic E-state index is 12.9. The zero-order valence-corrected chi connectivity index (χ0v) is 11.6. The summed E-state index contributed by atoms with van der Waals surface area (Å²) in [6, 6.07) is 5.55. The van der Waals surface area contributed by atoms with Crippen molar-refractivity contribution in [2.24, 2.45) is 0 Å². The fraction of sp³-hybridized carbons (Fsp3) is 0.467. The molecule has 0 spiro atoms. The Morgan fingerprint density at radius 1 is 1.45 bits per heavy atom. The van der Waals surface area contributed by atoms with Gasteiger partial charge in [0.1, 0.15) is 11.9 Å². The number of hydrogen-bond acceptors (Lipinski definition) is 3. The molecule has 0 saturated carbocycles. The van der Waals surface area contributed by atoms with Gasteiger partial charge in [0.05, 0.1) is 7.11 Å². The maximum atomic E-state index is 12.9. The molecule has 1 aromatic carbocycles. The summed E-state index contributed by atoms with van der Waals surface area (Å²) in [5.74, 6) is -0.692. The molecule has 0 N–H and O–H groups in total. The minimum Gasteiger partial charge on any atom is -0.467 e. The van der Waals surface area contributed by atoms with E-state index in [1.54, 1.807) is 17.0 Å². The molecule has 1 aromatic rings. The van der Waals surface area contributed by atoms with Crippen LogP contribution in [0.1, 0.15) is 25.3 Å². The predicted octanol–water partition coefficient (Wildman–Crippen LogP) is 1.92. The monoisotopic (exact) mass is 279 g/mol. The quantitative estimate of drug-likeness (QED) is 0.791. The molecule has 1 amide bonds. The maximum Gasteiger partial charge on any atom is 0.328 e. The molecule has 108 valence electrons. The molecule has 2 unspecified atom stereocenters. The highest BCUT2D eigenvalue weighted by Crippen LogP contribution is 2.24. The molecule has 20 heavy (non-hydrogen) atoms. The lowest BCUT2D eigenvalue weighted by atomic mass is 10.0. The molecule has 1 aliphatic heterocycles. The molecule has 1 fully saturated rings. The van der Waals surface area contributed by atoms with Crippen LogP contribution in [0.3, 0.4) is 0 Å². The van der Waals surface area contributed by atoms with Crippen molar-refractivity contribution in [3.63, 3.8) is 0 Å². The van der Waals surface area contributed by atoms with Gasteiger partial charge in [-0.25, -0.2) is 9.18 Å². The number of nitrogens with zero attached hydrogens (tertiary/aromatic N) is 1.